The molecule has 7 heteroatoms. The Morgan fingerprint density at radius 2 is 1.35 bits per heavy atom. The smallest absolute Gasteiger partial charge is 0.300 e. The van der Waals surface area contributed by atoms with Gasteiger partial charge in [-0.15, -0.1) is 0 Å². The number of methoxy groups -OCH3 is 1. The molecule has 0 saturated carbocycles. The van der Waals surface area contributed by atoms with E-state index in [4.69, 9.17) is 14.2 Å². The molecule has 3 aromatic carbocycles. The van der Waals surface area contributed by atoms with E-state index in [0.29, 0.717) is 34.1 Å². The lowest BCUT2D eigenvalue weighted by Gasteiger charge is -2.27. The van der Waals surface area contributed by atoms with Gasteiger partial charge < -0.3 is 19.3 Å². The number of anilines is 1. The number of carbonyl (C=O) groups excluding carboxylic acids is 2. The Bertz CT molecular complexity index is 1310. The molecule has 1 fully saturated rings. The highest BCUT2D eigenvalue weighted by atomic mass is 16.5. The second kappa shape index (κ2) is 10.8. The first kappa shape index (κ1) is 25.8. The highest BCUT2D eigenvalue weighted by Gasteiger charge is 2.47. The van der Waals surface area contributed by atoms with Crippen molar-refractivity contribution in [3.8, 4) is 17.2 Å². The van der Waals surface area contributed by atoms with Gasteiger partial charge in [-0.2, -0.15) is 0 Å². The van der Waals surface area contributed by atoms with E-state index in [1.807, 2.05) is 27.7 Å². The summed E-state index contributed by atoms with van der Waals surface area (Å²) in [6.07, 6.45) is -0.0152. The van der Waals surface area contributed by atoms with Crippen molar-refractivity contribution < 1.29 is 28.9 Å². The van der Waals surface area contributed by atoms with Crippen LogP contribution in [-0.2, 0) is 9.59 Å². The summed E-state index contributed by atoms with van der Waals surface area (Å²) in [5.74, 6) is -0.0172. The number of amides is 1. The lowest BCUT2D eigenvalue weighted by atomic mass is 9.94. The Labute approximate surface area is 216 Å². The van der Waals surface area contributed by atoms with E-state index in [1.54, 1.807) is 72.8 Å². The van der Waals surface area contributed by atoms with E-state index in [1.165, 1.54) is 12.0 Å². The number of para-hydroxylation sites is 1. The van der Waals surface area contributed by atoms with Crippen molar-refractivity contribution in [1.82, 2.24) is 0 Å². The standard InChI is InChI=1S/C30H31NO6/c1-18(2)36-22-14-10-20(11-15-22)28(32)26-27(24-8-6-7-9-25(24)35-5)31(30(34)29(26)33)21-12-16-23(17-13-21)37-19(3)4/h6-19,27,32H,1-5H3/b28-26-. The molecule has 192 valence electrons. The molecule has 7 nitrogen and oxygen atoms in total. The summed E-state index contributed by atoms with van der Waals surface area (Å²) < 4.78 is 17.0. The van der Waals surface area contributed by atoms with Gasteiger partial charge in [-0.3, -0.25) is 14.5 Å². The van der Waals surface area contributed by atoms with Crippen LogP contribution in [0.3, 0.4) is 0 Å². The molecule has 1 atom stereocenters. The van der Waals surface area contributed by atoms with Crippen LogP contribution in [0.1, 0.15) is 44.9 Å². The molecule has 1 N–H and O–H groups in total. The molecular formula is C30H31NO6. The Morgan fingerprint density at radius 3 is 1.89 bits per heavy atom. The fraction of sp³-hybridized carbons (Fsp3) is 0.267. The molecule has 0 aliphatic carbocycles. The summed E-state index contributed by atoms with van der Waals surface area (Å²) >= 11 is 0. The van der Waals surface area contributed by atoms with Crippen molar-refractivity contribution in [3.63, 3.8) is 0 Å². The van der Waals surface area contributed by atoms with Gasteiger partial charge in [0.1, 0.15) is 23.0 Å². The van der Waals surface area contributed by atoms with Gasteiger partial charge in [-0.05, 0) is 82.3 Å². The molecule has 0 radical (unpaired) electrons. The molecule has 0 spiro atoms. The first-order chi connectivity index (χ1) is 17.7. The van der Waals surface area contributed by atoms with Crippen LogP contribution in [0.25, 0.3) is 5.76 Å². The van der Waals surface area contributed by atoms with Crippen LogP contribution >= 0.6 is 0 Å². The molecule has 1 saturated heterocycles. The fourth-order valence-electron chi connectivity index (χ4n) is 4.36. The molecule has 0 bridgehead atoms. The molecule has 37 heavy (non-hydrogen) atoms. The monoisotopic (exact) mass is 501 g/mol. The van der Waals surface area contributed by atoms with Gasteiger partial charge in [0.25, 0.3) is 11.7 Å². The van der Waals surface area contributed by atoms with Crippen LogP contribution in [0, 0.1) is 0 Å². The predicted octanol–water partition coefficient (Wildman–Crippen LogP) is 5.90. The van der Waals surface area contributed by atoms with Crippen LogP contribution < -0.4 is 19.1 Å². The van der Waals surface area contributed by atoms with Crippen molar-refractivity contribution in [3.05, 3.63) is 89.5 Å². The molecule has 4 rings (SSSR count). The third-order valence-electron chi connectivity index (χ3n) is 5.86. The van der Waals surface area contributed by atoms with E-state index < -0.39 is 17.7 Å². The maximum atomic E-state index is 13.4. The third kappa shape index (κ3) is 5.31. The number of hydrogen-bond donors (Lipinski definition) is 1. The minimum atomic E-state index is -0.903. The molecule has 1 amide bonds. The quantitative estimate of drug-likeness (QED) is 0.235. The first-order valence-corrected chi connectivity index (χ1v) is 12.2. The zero-order valence-electron chi connectivity index (χ0n) is 21.6. The Balaban J connectivity index is 1.85. The number of ether oxygens (including phenoxy) is 3. The lowest BCUT2D eigenvalue weighted by molar-refractivity contribution is -0.132. The van der Waals surface area contributed by atoms with Crippen LogP contribution in [0.5, 0.6) is 17.2 Å². The molecule has 1 aliphatic rings. The average molecular weight is 502 g/mol. The minimum absolute atomic E-state index is 0.00681. The van der Waals surface area contributed by atoms with Crippen molar-refractivity contribution >= 4 is 23.1 Å². The number of benzene rings is 3. The van der Waals surface area contributed by atoms with E-state index in [2.05, 4.69) is 0 Å². The number of rotatable bonds is 8. The maximum absolute atomic E-state index is 13.4. The summed E-state index contributed by atoms with van der Waals surface area (Å²) in [5.41, 5.74) is 1.45. The molecule has 1 unspecified atom stereocenters. The molecule has 3 aromatic rings. The summed E-state index contributed by atoms with van der Waals surface area (Å²) in [4.78, 5) is 28.2. The summed E-state index contributed by atoms with van der Waals surface area (Å²) in [6.45, 7) is 7.69. The normalized spacial score (nSPS) is 16.9. The van der Waals surface area contributed by atoms with Crippen LogP contribution in [-0.4, -0.2) is 36.1 Å². The number of Topliss-reactive ketones (excluding diaryl/α,β-unsaturated/α-hetero) is 1. The number of nitrogens with zero attached hydrogens (tertiary/aromatic N) is 1. The predicted molar refractivity (Wildman–Crippen MR) is 142 cm³/mol. The number of aliphatic hydroxyl groups excluding tert-OH is 1. The first-order valence-electron chi connectivity index (χ1n) is 12.2. The van der Waals surface area contributed by atoms with Gasteiger partial charge in [0, 0.05) is 16.8 Å². The van der Waals surface area contributed by atoms with Crippen molar-refractivity contribution in [2.24, 2.45) is 0 Å². The highest BCUT2D eigenvalue weighted by molar-refractivity contribution is 6.51. The van der Waals surface area contributed by atoms with Crippen LogP contribution in [0.2, 0.25) is 0 Å². The van der Waals surface area contributed by atoms with Gasteiger partial charge in [-0.1, -0.05) is 18.2 Å². The summed E-state index contributed by atoms with van der Waals surface area (Å²) in [5, 5.41) is 11.4. The molecular weight excluding hydrogens is 470 g/mol. The van der Waals surface area contributed by atoms with Crippen molar-refractivity contribution in [2.45, 2.75) is 45.9 Å². The van der Waals surface area contributed by atoms with Gasteiger partial charge in [0.05, 0.1) is 30.9 Å². The zero-order chi connectivity index (χ0) is 26.7. The van der Waals surface area contributed by atoms with Gasteiger partial charge in [0.15, 0.2) is 0 Å². The van der Waals surface area contributed by atoms with Crippen molar-refractivity contribution in [2.75, 3.05) is 12.0 Å². The molecule has 1 heterocycles. The number of carbonyl (C=O) groups is 2. The topological polar surface area (TPSA) is 85.3 Å². The SMILES string of the molecule is COc1ccccc1C1/C(=C(/O)c2ccc(OC(C)C)cc2)C(=O)C(=O)N1c1ccc(OC(C)C)cc1. The largest absolute Gasteiger partial charge is 0.507 e. The average Bonchev–Trinajstić information content (AvgIpc) is 3.14. The summed E-state index contributed by atoms with van der Waals surface area (Å²) in [7, 11) is 1.52. The van der Waals surface area contributed by atoms with Crippen LogP contribution in [0.15, 0.2) is 78.4 Å². The fourth-order valence-corrected chi connectivity index (χ4v) is 4.36. The number of ketones is 1. The third-order valence-corrected chi connectivity index (χ3v) is 5.86. The maximum Gasteiger partial charge on any atom is 0.300 e. The second-order valence-electron chi connectivity index (χ2n) is 9.26. The minimum Gasteiger partial charge on any atom is -0.507 e. The van der Waals surface area contributed by atoms with Gasteiger partial charge >= 0.3 is 0 Å². The van der Waals surface area contributed by atoms with E-state index >= 15 is 0 Å². The number of hydrogen-bond acceptors (Lipinski definition) is 6. The second-order valence-corrected chi connectivity index (χ2v) is 9.26. The van der Waals surface area contributed by atoms with E-state index in [0.717, 1.165) is 0 Å². The molecule has 0 aromatic heterocycles. The van der Waals surface area contributed by atoms with E-state index in [-0.39, 0.29) is 23.5 Å². The Kier molecular flexibility index (Phi) is 7.53. The Morgan fingerprint density at radius 1 is 0.811 bits per heavy atom. The number of aliphatic hydroxyl groups is 1. The molecule has 1 aliphatic heterocycles. The van der Waals surface area contributed by atoms with E-state index in [9.17, 15) is 14.7 Å². The zero-order valence-corrected chi connectivity index (χ0v) is 21.6. The lowest BCUT2D eigenvalue weighted by Crippen LogP contribution is -2.29. The van der Waals surface area contributed by atoms with Crippen LogP contribution in [0.4, 0.5) is 5.69 Å². The summed E-state index contributed by atoms with van der Waals surface area (Å²) in [6, 6.07) is 20.0. The van der Waals surface area contributed by atoms with Gasteiger partial charge in [-0.25, -0.2) is 0 Å². The highest BCUT2D eigenvalue weighted by Crippen LogP contribution is 2.45. The van der Waals surface area contributed by atoms with Crippen molar-refractivity contribution in [1.29, 1.82) is 0 Å². The van der Waals surface area contributed by atoms with Gasteiger partial charge in [0.2, 0.25) is 0 Å². The Hall–Kier alpha value is -4.26.